The molecule has 0 unspecified atom stereocenters. The van der Waals surface area contributed by atoms with Crippen LogP contribution in [-0.2, 0) is 20.9 Å². The fraction of sp³-hybridized carbons (Fsp3) is 0.364. The zero-order valence-corrected chi connectivity index (χ0v) is 11.3. The molecule has 1 aromatic rings. The quantitative estimate of drug-likeness (QED) is 0.799. The fourth-order valence-electron chi connectivity index (χ4n) is 1.06. The first-order chi connectivity index (χ1) is 7.72. The van der Waals surface area contributed by atoms with Crippen LogP contribution in [0.2, 0.25) is 0 Å². The van der Waals surface area contributed by atoms with Gasteiger partial charge in [0.15, 0.2) is 0 Å². The summed E-state index contributed by atoms with van der Waals surface area (Å²) in [5.41, 5.74) is 5.93. The lowest BCUT2D eigenvalue weighted by Gasteiger charge is -2.03. The van der Waals surface area contributed by atoms with Gasteiger partial charge < -0.3 is 10.5 Å². The van der Waals surface area contributed by atoms with Gasteiger partial charge in [-0.25, -0.2) is 0 Å². The summed E-state index contributed by atoms with van der Waals surface area (Å²) in [7, 11) is 0. The van der Waals surface area contributed by atoms with Crippen molar-refractivity contribution in [2.75, 3.05) is 6.54 Å². The second kappa shape index (κ2) is 11.0. The number of rotatable bonds is 6. The molecule has 7 heteroatoms. The average molecular weight is 295 g/mol. The van der Waals surface area contributed by atoms with Gasteiger partial charge in [0.1, 0.15) is 12.4 Å². The molecular formula is C11H16Cl2N2O3. The Balaban J connectivity index is 0. The Bertz CT molecular complexity index is 361. The molecule has 0 saturated carbocycles. The minimum absolute atomic E-state index is 0. The summed E-state index contributed by atoms with van der Waals surface area (Å²) in [5, 5.41) is 0. The van der Waals surface area contributed by atoms with Gasteiger partial charge in [-0.2, -0.15) is 0 Å². The highest BCUT2D eigenvalue weighted by Crippen LogP contribution is 2.01. The van der Waals surface area contributed by atoms with Gasteiger partial charge in [-0.15, -0.1) is 24.8 Å². The van der Waals surface area contributed by atoms with Gasteiger partial charge in [-0.05, 0) is 6.07 Å². The Morgan fingerprint density at radius 2 is 2.00 bits per heavy atom. The number of ketones is 1. The van der Waals surface area contributed by atoms with E-state index in [0.29, 0.717) is 0 Å². The van der Waals surface area contributed by atoms with Gasteiger partial charge >= 0.3 is 5.97 Å². The molecular weight excluding hydrogens is 279 g/mol. The lowest BCUT2D eigenvalue weighted by Crippen LogP contribution is -2.15. The summed E-state index contributed by atoms with van der Waals surface area (Å²) in [4.78, 5) is 25.9. The minimum Gasteiger partial charge on any atom is -0.461 e. The van der Waals surface area contributed by atoms with Gasteiger partial charge in [0.25, 0.3) is 0 Å². The Hall–Kier alpha value is -1.17. The standard InChI is InChI=1S/C11H14N2O3.2ClH/c12-6-10(14)3-4-11(15)16-8-9-2-1-5-13-7-9;;/h1-2,5,7H,3-4,6,8,12H2;2*1H. The first-order valence-corrected chi connectivity index (χ1v) is 4.98. The zero-order chi connectivity index (χ0) is 11.8. The number of aromatic nitrogens is 1. The normalized spacial score (nSPS) is 8.72. The van der Waals surface area contributed by atoms with E-state index in [-0.39, 0.29) is 56.6 Å². The molecule has 0 fully saturated rings. The molecule has 0 bridgehead atoms. The van der Waals surface area contributed by atoms with Gasteiger partial charge in [-0.1, -0.05) is 6.07 Å². The lowest BCUT2D eigenvalue weighted by atomic mass is 10.2. The van der Waals surface area contributed by atoms with Crippen LogP contribution in [0.1, 0.15) is 18.4 Å². The number of halogens is 2. The monoisotopic (exact) mass is 294 g/mol. The molecule has 1 aromatic heterocycles. The van der Waals surface area contributed by atoms with Crippen LogP contribution in [0, 0.1) is 0 Å². The van der Waals surface area contributed by atoms with Crippen molar-refractivity contribution in [3.05, 3.63) is 30.1 Å². The maximum absolute atomic E-state index is 11.2. The van der Waals surface area contributed by atoms with Crippen molar-refractivity contribution in [1.82, 2.24) is 4.98 Å². The largest absolute Gasteiger partial charge is 0.461 e. The summed E-state index contributed by atoms with van der Waals surface area (Å²) in [6.45, 7) is 0.152. The third-order valence-corrected chi connectivity index (χ3v) is 1.96. The second-order valence-electron chi connectivity index (χ2n) is 3.26. The average Bonchev–Trinajstić information content (AvgIpc) is 2.34. The first kappa shape index (κ1) is 19.2. The van der Waals surface area contributed by atoms with E-state index in [0.717, 1.165) is 5.56 Å². The van der Waals surface area contributed by atoms with Crippen LogP contribution in [0.15, 0.2) is 24.5 Å². The number of hydrogen-bond donors (Lipinski definition) is 1. The third-order valence-electron chi connectivity index (χ3n) is 1.96. The van der Waals surface area contributed by atoms with Crippen molar-refractivity contribution in [1.29, 1.82) is 0 Å². The van der Waals surface area contributed by atoms with Crippen molar-refractivity contribution in [2.24, 2.45) is 5.73 Å². The molecule has 102 valence electrons. The van der Waals surface area contributed by atoms with E-state index in [1.54, 1.807) is 18.5 Å². The number of pyridine rings is 1. The number of esters is 1. The predicted octanol–water partition coefficient (Wildman–Crippen LogP) is 1.28. The van der Waals surface area contributed by atoms with Crippen LogP contribution < -0.4 is 5.73 Å². The number of nitrogens with two attached hydrogens (primary N) is 1. The van der Waals surface area contributed by atoms with Crippen molar-refractivity contribution in [3.63, 3.8) is 0 Å². The van der Waals surface area contributed by atoms with E-state index in [1.807, 2.05) is 6.07 Å². The number of hydrogen-bond acceptors (Lipinski definition) is 5. The molecule has 1 heterocycles. The molecule has 0 aliphatic heterocycles. The zero-order valence-electron chi connectivity index (χ0n) is 9.70. The lowest BCUT2D eigenvalue weighted by molar-refractivity contribution is -0.146. The Morgan fingerprint density at radius 3 is 2.56 bits per heavy atom. The van der Waals surface area contributed by atoms with Crippen LogP contribution in [0.25, 0.3) is 0 Å². The topological polar surface area (TPSA) is 82.3 Å². The first-order valence-electron chi connectivity index (χ1n) is 4.98. The number of carbonyl (C=O) groups excluding carboxylic acids is 2. The van der Waals surface area contributed by atoms with Gasteiger partial charge in [0.05, 0.1) is 13.0 Å². The predicted molar refractivity (Wildman–Crippen MR) is 71.8 cm³/mol. The van der Waals surface area contributed by atoms with E-state index in [4.69, 9.17) is 10.5 Å². The molecule has 0 radical (unpaired) electrons. The summed E-state index contributed by atoms with van der Waals surface area (Å²) >= 11 is 0. The Labute approximate surface area is 118 Å². The molecule has 0 aromatic carbocycles. The number of carbonyl (C=O) groups is 2. The van der Waals surface area contributed by atoms with Crippen LogP contribution in [0.4, 0.5) is 0 Å². The highest BCUT2D eigenvalue weighted by Gasteiger charge is 2.06. The van der Waals surface area contributed by atoms with E-state index < -0.39 is 5.97 Å². The second-order valence-corrected chi connectivity index (χ2v) is 3.26. The van der Waals surface area contributed by atoms with Crippen LogP contribution in [0.3, 0.4) is 0 Å². The summed E-state index contributed by atoms with van der Waals surface area (Å²) in [5.74, 6) is -0.538. The molecule has 18 heavy (non-hydrogen) atoms. The molecule has 5 nitrogen and oxygen atoms in total. The maximum atomic E-state index is 11.2. The van der Waals surface area contributed by atoms with E-state index >= 15 is 0 Å². The number of Topliss-reactive ketones (excluding diaryl/α,β-unsaturated/α-hetero) is 1. The fourth-order valence-corrected chi connectivity index (χ4v) is 1.06. The van der Waals surface area contributed by atoms with E-state index in [9.17, 15) is 9.59 Å². The molecule has 0 aliphatic rings. The van der Waals surface area contributed by atoms with Crippen LogP contribution in [-0.4, -0.2) is 23.3 Å². The summed E-state index contributed by atoms with van der Waals surface area (Å²) in [6, 6.07) is 3.58. The summed E-state index contributed by atoms with van der Waals surface area (Å²) in [6.07, 6.45) is 3.49. The van der Waals surface area contributed by atoms with Gasteiger partial charge in [0.2, 0.25) is 0 Å². The maximum Gasteiger partial charge on any atom is 0.306 e. The molecule has 1 rings (SSSR count). The molecule has 0 spiro atoms. The molecule has 0 saturated heterocycles. The van der Waals surface area contributed by atoms with Gasteiger partial charge in [0, 0.05) is 24.4 Å². The molecule has 2 N–H and O–H groups in total. The molecule has 0 aliphatic carbocycles. The SMILES string of the molecule is Cl.Cl.NCC(=O)CCC(=O)OCc1cccnc1. The summed E-state index contributed by atoms with van der Waals surface area (Å²) < 4.78 is 4.95. The Kier molecular flexibility index (Phi) is 11.7. The van der Waals surface area contributed by atoms with Crippen molar-refractivity contribution < 1.29 is 14.3 Å². The number of nitrogens with zero attached hydrogens (tertiary/aromatic N) is 1. The number of ether oxygens (including phenoxy) is 1. The molecule has 0 atom stereocenters. The van der Waals surface area contributed by atoms with Crippen LogP contribution in [0.5, 0.6) is 0 Å². The Morgan fingerprint density at radius 1 is 1.28 bits per heavy atom. The van der Waals surface area contributed by atoms with E-state index in [1.165, 1.54) is 0 Å². The highest BCUT2D eigenvalue weighted by molar-refractivity contribution is 5.85. The smallest absolute Gasteiger partial charge is 0.306 e. The minimum atomic E-state index is -0.398. The van der Waals surface area contributed by atoms with Crippen molar-refractivity contribution >= 4 is 36.6 Å². The highest BCUT2D eigenvalue weighted by atomic mass is 35.5. The van der Waals surface area contributed by atoms with Crippen LogP contribution >= 0.6 is 24.8 Å². The third kappa shape index (κ3) is 8.00. The van der Waals surface area contributed by atoms with Crippen molar-refractivity contribution in [3.8, 4) is 0 Å². The van der Waals surface area contributed by atoms with E-state index in [2.05, 4.69) is 4.98 Å². The van der Waals surface area contributed by atoms with Crippen molar-refractivity contribution in [2.45, 2.75) is 19.4 Å². The molecule has 0 amide bonds. The van der Waals surface area contributed by atoms with Gasteiger partial charge in [-0.3, -0.25) is 14.6 Å².